The second-order valence-corrected chi connectivity index (χ2v) is 7.17. The van der Waals surface area contributed by atoms with E-state index in [1.807, 2.05) is 0 Å². The van der Waals surface area contributed by atoms with Gasteiger partial charge >= 0.3 is 0 Å². The van der Waals surface area contributed by atoms with Gasteiger partial charge in [-0.05, 0) is 38.1 Å². The number of rotatable bonds is 4. The highest BCUT2D eigenvalue weighted by atomic mass is 35.5. The van der Waals surface area contributed by atoms with Crippen molar-refractivity contribution in [3.05, 3.63) is 0 Å². The number of fused-ring (bicyclic) bond motifs is 1. The number of amides is 2. The third-order valence-electron chi connectivity index (χ3n) is 6.05. The van der Waals surface area contributed by atoms with E-state index in [9.17, 15) is 9.59 Å². The molecule has 3 aliphatic rings. The number of hydrogen-bond acceptors (Lipinski definition) is 4. The van der Waals surface area contributed by atoms with E-state index in [-0.39, 0.29) is 29.6 Å². The molecule has 2 heterocycles. The quantitative estimate of drug-likeness (QED) is 0.695. The second kappa shape index (κ2) is 7.36. The number of primary amides is 1. The molecular formula is C16H28ClN3O3. The summed E-state index contributed by atoms with van der Waals surface area (Å²) in [5, 5.41) is 6.45. The first-order valence-electron chi connectivity index (χ1n) is 8.46. The molecule has 3 fully saturated rings. The molecule has 0 aromatic carbocycles. The fraction of sp³-hybridized carbons (Fsp3) is 0.875. The zero-order chi connectivity index (χ0) is 15.6. The van der Waals surface area contributed by atoms with Crippen LogP contribution in [-0.2, 0) is 14.3 Å². The Hall–Kier alpha value is -0.850. The Morgan fingerprint density at radius 3 is 2.65 bits per heavy atom. The molecule has 0 aromatic rings. The Labute approximate surface area is 143 Å². The standard InChI is InChI=1S/C16H27N3O3.ClH/c17-13(20)15(5-7-22-8-6-15)10-19-14(21)16-4-2-1-3-12(16)9-18-11-16;/h12,18H,1-11H2,(H2,17,20)(H,19,21);1H/t12-,16+;/m0./s1. The third-order valence-corrected chi connectivity index (χ3v) is 6.05. The molecule has 1 aliphatic carbocycles. The van der Waals surface area contributed by atoms with Crippen LogP contribution in [0.1, 0.15) is 38.5 Å². The zero-order valence-electron chi connectivity index (χ0n) is 13.6. The molecule has 4 N–H and O–H groups in total. The molecule has 2 aliphatic heterocycles. The molecule has 132 valence electrons. The maximum atomic E-state index is 12.9. The molecule has 1 saturated carbocycles. The predicted octanol–water partition coefficient (Wildman–Crippen LogP) is 0.586. The summed E-state index contributed by atoms with van der Waals surface area (Å²) in [6.45, 7) is 3.11. The van der Waals surface area contributed by atoms with Crippen LogP contribution in [0.15, 0.2) is 0 Å². The summed E-state index contributed by atoms with van der Waals surface area (Å²) >= 11 is 0. The molecular weight excluding hydrogens is 318 g/mol. The minimum absolute atomic E-state index is 0. The van der Waals surface area contributed by atoms with Crippen LogP contribution in [-0.4, -0.2) is 44.7 Å². The van der Waals surface area contributed by atoms with Crippen LogP contribution in [0.25, 0.3) is 0 Å². The average molecular weight is 346 g/mol. The van der Waals surface area contributed by atoms with Crippen LogP contribution >= 0.6 is 12.4 Å². The van der Waals surface area contributed by atoms with E-state index in [1.165, 1.54) is 6.42 Å². The van der Waals surface area contributed by atoms with Crippen LogP contribution in [0.3, 0.4) is 0 Å². The maximum absolute atomic E-state index is 12.9. The average Bonchev–Trinajstić information content (AvgIpc) is 2.98. The Kier molecular flexibility index (Phi) is 5.92. The van der Waals surface area contributed by atoms with Crippen LogP contribution in [0.4, 0.5) is 0 Å². The molecule has 0 aromatic heterocycles. The highest BCUT2D eigenvalue weighted by molar-refractivity contribution is 5.86. The lowest BCUT2D eigenvalue weighted by Crippen LogP contribution is -2.54. The monoisotopic (exact) mass is 345 g/mol. The van der Waals surface area contributed by atoms with Crippen molar-refractivity contribution < 1.29 is 14.3 Å². The molecule has 0 radical (unpaired) electrons. The SMILES string of the molecule is Cl.NC(=O)C1(CNC(=O)[C@@]23CCCC[C@H]2CNC3)CCOCC1. The highest BCUT2D eigenvalue weighted by Crippen LogP contribution is 2.44. The van der Waals surface area contributed by atoms with Crippen molar-refractivity contribution in [2.75, 3.05) is 32.8 Å². The number of halogens is 1. The first kappa shape index (κ1) is 18.5. The Morgan fingerprint density at radius 1 is 1.22 bits per heavy atom. The second-order valence-electron chi connectivity index (χ2n) is 7.17. The summed E-state index contributed by atoms with van der Waals surface area (Å²) in [7, 11) is 0. The third kappa shape index (κ3) is 3.35. The number of hydrogen-bond donors (Lipinski definition) is 3. The molecule has 6 nitrogen and oxygen atoms in total. The topological polar surface area (TPSA) is 93.5 Å². The zero-order valence-corrected chi connectivity index (χ0v) is 14.4. The lowest BCUT2D eigenvalue weighted by atomic mass is 9.67. The van der Waals surface area contributed by atoms with Gasteiger partial charge in [0, 0.05) is 26.3 Å². The number of carbonyl (C=O) groups excluding carboxylic acids is 2. The summed E-state index contributed by atoms with van der Waals surface area (Å²) in [6, 6.07) is 0. The van der Waals surface area contributed by atoms with Crippen molar-refractivity contribution in [1.82, 2.24) is 10.6 Å². The molecule has 0 unspecified atom stereocenters. The Morgan fingerprint density at radius 2 is 1.96 bits per heavy atom. The minimum Gasteiger partial charge on any atom is -0.381 e. The van der Waals surface area contributed by atoms with E-state index in [4.69, 9.17) is 10.5 Å². The van der Waals surface area contributed by atoms with Gasteiger partial charge in [-0.2, -0.15) is 0 Å². The van der Waals surface area contributed by atoms with E-state index >= 15 is 0 Å². The molecule has 2 atom stereocenters. The molecule has 0 bridgehead atoms. The highest BCUT2D eigenvalue weighted by Gasteiger charge is 2.50. The van der Waals surface area contributed by atoms with Gasteiger partial charge in [0.05, 0.1) is 10.8 Å². The summed E-state index contributed by atoms with van der Waals surface area (Å²) in [6.07, 6.45) is 5.58. The molecule has 2 saturated heterocycles. The molecule has 7 heteroatoms. The van der Waals surface area contributed by atoms with Gasteiger partial charge in [-0.1, -0.05) is 12.8 Å². The van der Waals surface area contributed by atoms with E-state index < -0.39 is 5.41 Å². The summed E-state index contributed by atoms with van der Waals surface area (Å²) < 4.78 is 5.34. The van der Waals surface area contributed by atoms with Crippen molar-refractivity contribution in [2.45, 2.75) is 38.5 Å². The largest absolute Gasteiger partial charge is 0.381 e. The number of nitrogens with one attached hydrogen (secondary N) is 2. The van der Waals surface area contributed by atoms with Crippen LogP contribution < -0.4 is 16.4 Å². The van der Waals surface area contributed by atoms with Gasteiger partial charge in [0.1, 0.15) is 0 Å². The van der Waals surface area contributed by atoms with Crippen molar-refractivity contribution in [2.24, 2.45) is 22.5 Å². The van der Waals surface area contributed by atoms with Crippen molar-refractivity contribution in [3.63, 3.8) is 0 Å². The number of nitrogens with two attached hydrogens (primary N) is 1. The number of ether oxygens (including phenoxy) is 1. The Bertz CT molecular complexity index is 454. The van der Waals surface area contributed by atoms with Gasteiger partial charge in [-0.15, -0.1) is 12.4 Å². The summed E-state index contributed by atoms with van der Waals surface area (Å²) in [5.74, 6) is 0.216. The van der Waals surface area contributed by atoms with E-state index in [0.717, 1.165) is 32.4 Å². The molecule has 3 rings (SSSR count). The lowest BCUT2D eigenvalue weighted by molar-refractivity contribution is -0.138. The first-order chi connectivity index (χ1) is 10.6. The molecule has 2 amide bonds. The lowest BCUT2D eigenvalue weighted by Gasteiger charge is -2.39. The predicted molar refractivity (Wildman–Crippen MR) is 89.2 cm³/mol. The smallest absolute Gasteiger partial charge is 0.227 e. The van der Waals surface area contributed by atoms with E-state index in [1.54, 1.807) is 0 Å². The fourth-order valence-corrected chi connectivity index (χ4v) is 4.39. The van der Waals surface area contributed by atoms with Gasteiger partial charge in [0.2, 0.25) is 11.8 Å². The van der Waals surface area contributed by atoms with Crippen LogP contribution in [0, 0.1) is 16.7 Å². The molecule has 23 heavy (non-hydrogen) atoms. The van der Waals surface area contributed by atoms with Crippen molar-refractivity contribution >= 4 is 24.2 Å². The van der Waals surface area contributed by atoms with Gasteiger partial charge in [-0.3, -0.25) is 9.59 Å². The van der Waals surface area contributed by atoms with Crippen LogP contribution in [0.2, 0.25) is 0 Å². The molecule has 0 spiro atoms. The summed E-state index contributed by atoms with van der Waals surface area (Å²) in [5.41, 5.74) is 4.70. The van der Waals surface area contributed by atoms with Crippen molar-refractivity contribution in [3.8, 4) is 0 Å². The van der Waals surface area contributed by atoms with E-state index in [2.05, 4.69) is 10.6 Å². The number of carbonyl (C=O) groups is 2. The van der Waals surface area contributed by atoms with Crippen molar-refractivity contribution in [1.29, 1.82) is 0 Å². The van der Waals surface area contributed by atoms with Gasteiger partial charge < -0.3 is 21.1 Å². The first-order valence-corrected chi connectivity index (χ1v) is 8.46. The van der Waals surface area contributed by atoms with Gasteiger partial charge in [0.25, 0.3) is 0 Å². The summed E-state index contributed by atoms with van der Waals surface area (Å²) in [4.78, 5) is 24.8. The van der Waals surface area contributed by atoms with Gasteiger partial charge in [-0.25, -0.2) is 0 Å². The van der Waals surface area contributed by atoms with E-state index in [0.29, 0.717) is 38.5 Å². The van der Waals surface area contributed by atoms with Gasteiger partial charge in [0.15, 0.2) is 0 Å². The maximum Gasteiger partial charge on any atom is 0.227 e. The Balaban J connectivity index is 0.00000192. The van der Waals surface area contributed by atoms with Crippen LogP contribution in [0.5, 0.6) is 0 Å². The minimum atomic E-state index is -0.638. The fourth-order valence-electron chi connectivity index (χ4n) is 4.39. The normalized spacial score (nSPS) is 32.4.